The normalized spacial score (nSPS) is 23.7. The van der Waals surface area contributed by atoms with E-state index < -0.39 is 16.1 Å². The topological polar surface area (TPSA) is 60.9 Å². The predicted molar refractivity (Wildman–Crippen MR) is 77.9 cm³/mol. The van der Waals surface area contributed by atoms with E-state index in [1.54, 1.807) is 31.2 Å². The lowest BCUT2D eigenvalue weighted by atomic mass is 10.1. The first-order valence-corrected chi connectivity index (χ1v) is 8.25. The van der Waals surface area contributed by atoms with Crippen molar-refractivity contribution in [2.24, 2.45) is 0 Å². The smallest absolute Gasteiger partial charge is 0.243 e. The standard InChI is InChI=1S/C14H22N2O3S/c1-11-10-16(9-8-15(11)3)20(18,19)14-6-4-13(5-7-14)12(2)17/h4-7,11-12,17H,8-10H2,1-3H3. The Labute approximate surface area is 120 Å². The van der Waals surface area contributed by atoms with Crippen LogP contribution in [0.3, 0.4) is 0 Å². The molecule has 0 aromatic heterocycles. The molecule has 1 N–H and O–H groups in total. The average Bonchev–Trinajstić information content (AvgIpc) is 2.41. The lowest BCUT2D eigenvalue weighted by Gasteiger charge is -2.36. The SMILES string of the molecule is CC(O)c1ccc(S(=O)(=O)N2CCN(C)C(C)C2)cc1. The Hall–Kier alpha value is -0.950. The molecule has 1 aromatic carbocycles. The van der Waals surface area contributed by atoms with Gasteiger partial charge in [-0.15, -0.1) is 0 Å². The van der Waals surface area contributed by atoms with Gasteiger partial charge in [0.1, 0.15) is 0 Å². The highest BCUT2D eigenvalue weighted by Gasteiger charge is 2.30. The average molecular weight is 298 g/mol. The highest BCUT2D eigenvalue weighted by atomic mass is 32.2. The Morgan fingerprint density at radius 2 is 1.85 bits per heavy atom. The zero-order valence-electron chi connectivity index (χ0n) is 12.2. The van der Waals surface area contributed by atoms with Gasteiger partial charge in [-0.3, -0.25) is 0 Å². The van der Waals surface area contributed by atoms with Gasteiger partial charge in [0.05, 0.1) is 11.0 Å². The lowest BCUT2D eigenvalue weighted by molar-refractivity contribution is 0.159. The molecule has 1 aliphatic rings. The molecule has 0 aliphatic carbocycles. The second-order valence-corrected chi connectivity index (χ2v) is 7.38. The van der Waals surface area contributed by atoms with Crippen LogP contribution in [-0.2, 0) is 10.0 Å². The number of likely N-dealkylation sites (N-methyl/N-ethyl adjacent to an activating group) is 1. The second-order valence-electron chi connectivity index (χ2n) is 5.44. The Morgan fingerprint density at radius 3 is 2.35 bits per heavy atom. The summed E-state index contributed by atoms with van der Waals surface area (Å²) >= 11 is 0. The molecule has 6 heteroatoms. The first-order valence-electron chi connectivity index (χ1n) is 6.81. The molecule has 0 radical (unpaired) electrons. The number of hydrogen-bond acceptors (Lipinski definition) is 4. The largest absolute Gasteiger partial charge is 0.389 e. The molecule has 5 nitrogen and oxygen atoms in total. The van der Waals surface area contributed by atoms with Gasteiger partial charge in [0.25, 0.3) is 0 Å². The molecule has 1 heterocycles. The fourth-order valence-electron chi connectivity index (χ4n) is 2.30. The van der Waals surface area contributed by atoms with Crippen LogP contribution >= 0.6 is 0 Å². The molecule has 2 atom stereocenters. The van der Waals surface area contributed by atoms with Crippen LogP contribution in [0.4, 0.5) is 0 Å². The molecule has 1 fully saturated rings. The summed E-state index contributed by atoms with van der Waals surface area (Å²) in [4.78, 5) is 2.45. The van der Waals surface area contributed by atoms with Crippen molar-refractivity contribution in [3.05, 3.63) is 29.8 Å². The van der Waals surface area contributed by atoms with Crippen LogP contribution < -0.4 is 0 Å². The second kappa shape index (κ2) is 5.81. The Balaban J connectivity index is 2.22. The van der Waals surface area contributed by atoms with E-state index >= 15 is 0 Å². The van der Waals surface area contributed by atoms with Gasteiger partial charge in [0, 0.05) is 25.7 Å². The van der Waals surface area contributed by atoms with E-state index in [1.165, 1.54) is 4.31 Å². The summed E-state index contributed by atoms with van der Waals surface area (Å²) < 4.78 is 26.7. The van der Waals surface area contributed by atoms with Crippen LogP contribution in [-0.4, -0.2) is 55.5 Å². The fraction of sp³-hybridized carbons (Fsp3) is 0.571. The van der Waals surface area contributed by atoms with Crippen molar-refractivity contribution >= 4 is 10.0 Å². The number of hydrogen-bond donors (Lipinski definition) is 1. The van der Waals surface area contributed by atoms with Crippen molar-refractivity contribution in [2.75, 3.05) is 26.7 Å². The zero-order chi connectivity index (χ0) is 14.9. The molecule has 0 saturated carbocycles. The van der Waals surface area contributed by atoms with Crippen LogP contribution in [0.1, 0.15) is 25.5 Å². The molecule has 1 saturated heterocycles. The maximum atomic E-state index is 12.6. The Bertz CT molecular complexity index is 554. The minimum atomic E-state index is -3.44. The van der Waals surface area contributed by atoms with Crippen molar-refractivity contribution in [3.63, 3.8) is 0 Å². The van der Waals surface area contributed by atoms with E-state index in [0.29, 0.717) is 18.0 Å². The van der Waals surface area contributed by atoms with E-state index in [9.17, 15) is 13.5 Å². The summed E-state index contributed by atoms with van der Waals surface area (Å²) in [7, 11) is -1.43. The molecular weight excluding hydrogens is 276 g/mol. The van der Waals surface area contributed by atoms with Gasteiger partial charge in [-0.25, -0.2) is 8.42 Å². The van der Waals surface area contributed by atoms with E-state index in [4.69, 9.17) is 0 Å². The highest BCUT2D eigenvalue weighted by Crippen LogP contribution is 2.21. The number of sulfonamides is 1. The number of nitrogens with zero attached hydrogens (tertiary/aromatic N) is 2. The number of piperazine rings is 1. The van der Waals surface area contributed by atoms with Gasteiger partial charge in [0.2, 0.25) is 10.0 Å². The van der Waals surface area contributed by atoms with E-state index in [1.807, 2.05) is 14.0 Å². The lowest BCUT2D eigenvalue weighted by Crippen LogP contribution is -2.51. The highest BCUT2D eigenvalue weighted by molar-refractivity contribution is 7.89. The number of benzene rings is 1. The first-order chi connectivity index (χ1) is 9.32. The number of aliphatic hydroxyl groups excluding tert-OH is 1. The summed E-state index contributed by atoms with van der Waals surface area (Å²) in [5, 5.41) is 9.46. The van der Waals surface area contributed by atoms with Crippen LogP contribution in [0.5, 0.6) is 0 Å². The van der Waals surface area contributed by atoms with Gasteiger partial charge in [-0.1, -0.05) is 12.1 Å². The molecule has 1 aromatic rings. The monoisotopic (exact) mass is 298 g/mol. The fourth-order valence-corrected chi connectivity index (χ4v) is 3.81. The first kappa shape index (κ1) is 15.4. The van der Waals surface area contributed by atoms with Crippen LogP contribution in [0, 0.1) is 0 Å². The summed E-state index contributed by atoms with van der Waals surface area (Å²) in [6.07, 6.45) is -0.588. The zero-order valence-corrected chi connectivity index (χ0v) is 13.0. The molecule has 2 rings (SSSR count). The third-order valence-corrected chi connectivity index (χ3v) is 5.80. The molecule has 0 bridgehead atoms. The van der Waals surface area contributed by atoms with E-state index in [2.05, 4.69) is 4.90 Å². The molecule has 112 valence electrons. The van der Waals surface area contributed by atoms with Crippen molar-refractivity contribution in [1.29, 1.82) is 0 Å². The van der Waals surface area contributed by atoms with Crippen molar-refractivity contribution in [3.8, 4) is 0 Å². The molecule has 2 unspecified atom stereocenters. The molecular formula is C14H22N2O3S. The van der Waals surface area contributed by atoms with Gasteiger partial charge in [-0.05, 0) is 38.6 Å². The van der Waals surface area contributed by atoms with Gasteiger partial charge >= 0.3 is 0 Å². The molecule has 0 spiro atoms. The third kappa shape index (κ3) is 3.03. The van der Waals surface area contributed by atoms with Crippen molar-refractivity contribution in [2.45, 2.75) is 30.9 Å². The van der Waals surface area contributed by atoms with Crippen LogP contribution in [0.25, 0.3) is 0 Å². The third-order valence-electron chi connectivity index (χ3n) is 3.92. The Kier molecular flexibility index (Phi) is 4.49. The van der Waals surface area contributed by atoms with Gasteiger partial charge < -0.3 is 10.0 Å². The Morgan fingerprint density at radius 1 is 1.25 bits per heavy atom. The molecule has 0 amide bonds. The van der Waals surface area contributed by atoms with Crippen molar-refractivity contribution in [1.82, 2.24) is 9.21 Å². The minimum Gasteiger partial charge on any atom is -0.389 e. The van der Waals surface area contributed by atoms with Crippen LogP contribution in [0.15, 0.2) is 29.2 Å². The molecule has 20 heavy (non-hydrogen) atoms. The predicted octanol–water partition coefficient (Wildman–Crippen LogP) is 1.06. The minimum absolute atomic E-state index is 0.218. The van der Waals surface area contributed by atoms with Gasteiger partial charge in [-0.2, -0.15) is 4.31 Å². The summed E-state index contributed by atoms with van der Waals surface area (Å²) in [6, 6.07) is 6.68. The summed E-state index contributed by atoms with van der Waals surface area (Å²) in [5.41, 5.74) is 0.718. The number of aliphatic hydroxyl groups is 1. The molecule has 1 aliphatic heterocycles. The maximum Gasteiger partial charge on any atom is 0.243 e. The maximum absolute atomic E-state index is 12.6. The van der Waals surface area contributed by atoms with Crippen LogP contribution in [0.2, 0.25) is 0 Å². The summed E-state index contributed by atoms with van der Waals surface area (Å²) in [6.45, 7) is 5.45. The van der Waals surface area contributed by atoms with E-state index in [-0.39, 0.29) is 6.04 Å². The summed E-state index contributed by atoms with van der Waals surface area (Å²) in [5.74, 6) is 0. The number of rotatable bonds is 3. The van der Waals surface area contributed by atoms with Gasteiger partial charge in [0.15, 0.2) is 0 Å². The van der Waals surface area contributed by atoms with E-state index in [0.717, 1.165) is 12.1 Å². The van der Waals surface area contributed by atoms with Crippen molar-refractivity contribution < 1.29 is 13.5 Å². The quantitative estimate of drug-likeness (QED) is 0.906.